The Kier molecular flexibility index (Phi) is 5.17. The van der Waals surface area contributed by atoms with Crippen molar-refractivity contribution in [3.63, 3.8) is 0 Å². The van der Waals surface area contributed by atoms with E-state index in [0.29, 0.717) is 19.4 Å². The minimum absolute atomic E-state index is 0.0679. The predicted molar refractivity (Wildman–Crippen MR) is 76.8 cm³/mol. The van der Waals surface area contributed by atoms with Gasteiger partial charge in [-0.1, -0.05) is 17.7 Å². The zero-order valence-corrected chi connectivity index (χ0v) is 12.2. The molecule has 0 saturated heterocycles. The monoisotopic (exact) mass is 313 g/mol. The van der Waals surface area contributed by atoms with Crippen molar-refractivity contribution in [3.8, 4) is 0 Å². The summed E-state index contributed by atoms with van der Waals surface area (Å²) in [5, 5.41) is 11.5. The minimum atomic E-state index is -0.751. The van der Waals surface area contributed by atoms with Crippen LogP contribution in [0.1, 0.15) is 36.0 Å². The van der Waals surface area contributed by atoms with Gasteiger partial charge in [-0.05, 0) is 43.7 Å². The molecule has 114 valence electrons. The summed E-state index contributed by atoms with van der Waals surface area (Å²) in [5.74, 6) is -1.99. The number of carboxylic acids is 1. The van der Waals surface area contributed by atoms with Gasteiger partial charge in [0.2, 0.25) is 0 Å². The second-order valence-corrected chi connectivity index (χ2v) is 5.77. The molecule has 1 aliphatic carbocycles. The SMILES string of the molecule is O=C(NCC1CCC(C(=O)O)CC1)c1cccc(Cl)c1F. The van der Waals surface area contributed by atoms with Crippen molar-refractivity contribution in [3.05, 3.63) is 34.6 Å². The number of carboxylic acid groups (broad SMARTS) is 1. The Morgan fingerprint density at radius 2 is 1.95 bits per heavy atom. The molecule has 0 spiro atoms. The molecule has 21 heavy (non-hydrogen) atoms. The van der Waals surface area contributed by atoms with Crippen LogP contribution in [0.5, 0.6) is 0 Å². The summed E-state index contributed by atoms with van der Waals surface area (Å²) in [5.41, 5.74) is -0.0679. The normalized spacial score (nSPS) is 21.8. The second kappa shape index (κ2) is 6.89. The fourth-order valence-electron chi connectivity index (χ4n) is 2.62. The molecular weight excluding hydrogens is 297 g/mol. The third-order valence-electron chi connectivity index (χ3n) is 3.94. The van der Waals surface area contributed by atoms with Crippen molar-refractivity contribution >= 4 is 23.5 Å². The van der Waals surface area contributed by atoms with Crippen LogP contribution >= 0.6 is 11.6 Å². The fourth-order valence-corrected chi connectivity index (χ4v) is 2.80. The lowest BCUT2D eigenvalue weighted by Gasteiger charge is -2.26. The molecule has 4 nitrogen and oxygen atoms in total. The molecule has 1 aliphatic rings. The first-order chi connectivity index (χ1) is 9.99. The van der Waals surface area contributed by atoms with Crippen molar-refractivity contribution in [2.45, 2.75) is 25.7 Å². The summed E-state index contributed by atoms with van der Waals surface area (Å²) in [6.07, 6.45) is 2.77. The van der Waals surface area contributed by atoms with Gasteiger partial charge in [0, 0.05) is 6.54 Å². The molecule has 2 rings (SSSR count). The Bertz CT molecular complexity index is 542. The van der Waals surface area contributed by atoms with Crippen molar-refractivity contribution in [2.24, 2.45) is 11.8 Å². The van der Waals surface area contributed by atoms with E-state index in [1.165, 1.54) is 18.2 Å². The molecule has 1 aromatic carbocycles. The summed E-state index contributed by atoms with van der Waals surface area (Å²) in [4.78, 5) is 22.8. The maximum absolute atomic E-state index is 13.7. The first-order valence-corrected chi connectivity index (χ1v) is 7.32. The lowest BCUT2D eigenvalue weighted by molar-refractivity contribution is -0.143. The van der Waals surface area contributed by atoms with Gasteiger partial charge in [0.25, 0.3) is 5.91 Å². The number of hydrogen-bond donors (Lipinski definition) is 2. The molecule has 1 saturated carbocycles. The standard InChI is InChI=1S/C15H17ClFNO3/c16-12-3-1-2-11(13(12)17)14(19)18-8-9-4-6-10(7-5-9)15(20)21/h1-3,9-10H,4-8H2,(H,18,19)(H,20,21). The second-order valence-electron chi connectivity index (χ2n) is 5.37. The molecule has 6 heteroatoms. The van der Waals surface area contributed by atoms with Crippen molar-refractivity contribution in [2.75, 3.05) is 6.54 Å². The zero-order valence-electron chi connectivity index (χ0n) is 11.4. The van der Waals surface area contributed by atoms with Gasteiger partial charge >= 0.3 is 5.97 Å². The van der Waals surface area contributed by atoms with E-state index >= 15 is 0 Å². The number of halogens is 2. The van der Waals surface area contributed by atoms with Crippen LogP contribution in [0.25, 0.3) is 0 Å². The van der Waals surface area contributed by atoms with E-state index in [4.69, 9.17) is 16.7 Å². The Morgan fingerprint density at radius 1 is 1.29 bits per heavy atom. The highest BCUT2D eigenvalue weighted by atomic mass is 35.5. The number of nitrogens with one attached hydrogen (secondary N) is 1. The smallest absolute Gasteiger partial charge is 0.306 e. The maximum atomic E-state index is 13.7. The average Bonchev–Trinajstić information content (AvgIpc) is 2.48. The first-order valence-electron chi connectivity index (χ1n) is 6.94. The minimum Gasteiger partial charge on any atom is -0.481 e. The highest BCUT2D eigenvalue weighted by Crippen LogP contribution is 2.28. The fraction of sp³-hybridized carbons (Fsp3) is 0.467. The number of amides is 1. The molecule has 0 aromatic heterocycles. The summed E-state index contributed by atoms with van der Waals surface area (Å²) in [6.45, 7) is 0.428. The first kappa shape index (κ1) is 15.8. The lowest BCUT2D eigenvalue weighted by atomic mass is 9.82. The lowest BCUT2D eigenvalue weighted by Crippen LogP contribution is -2.32. The van der Waals surface area contributed by atoms with E-state index in [2.05, 4.69) is 5.32 Å². The molecule has 0 aliphatic heterocycles. The highest BCUT2D eigenvalue weighted by Gasteiger charge is 2.26. The summed E-state index contributed by atoms with van der Waals surface area (Å²) in [7, 11) is 0. The van der Waals surface area contributed by atoms with Gasteiger partial charge in [-0.15, -0.1) is 0 Å². The molecule has 1 fully saturated rings. The molecular formula is C15H17ClFNO3. The molecule has 1 aromatic rings. The van der Waals surface area contributed by atoms with Crippen molar-refractivity contribution in [1.29, 1.82) is 0 Å². The maximum Gasteiger partial charge on any atom is 0.306 e. The number of hydrogen-bond acceptors (Lipinski definition) is 2. The van der Waals surface area contributed by atoms with E-state index in [1.54, 1.807) is 0 Å². The van der Waals surface area contributed by atoms with Crippen LogP contribution in [-0.4, -0.2) is 23.5 Å². The Morgan fingerprint density at radius 3 is 2.57 bits per heavy atom. The Hall–Kier alpha value is -1.62. The number of benzene rings is 1. The average molecular weight is 314 g/mol. The van der Waals surface area contributed by atoms with E-state index < -0.39 is 17.7 Å². The van der Waals surface area contributed by atoms with Gasteiger partial charge in [0.1, 0.15) is 0 Å². The Balaban J connectivity index is 1.85. The molecule has 0 unspecified atom stereocenters. The van der Waals surface area contributed by atoms with E-state index in [-0.39, 0.29) is 22.4 Å². The van der Waals surface area contributed by atoms with Crippen LogP contribution in [-0.2, 0) is 4.79 Å². The Labute approximate surface area is 127 Å². The topological polar surface area (TPSA) is 66.4 Å². The highest BCUT2D eigenvalue weighted by molar-refractivity contribution is 6.31. The molecule has 0 heterocycles. The van der Waals surface area contributed by atoms with Gasteiger partial charge in [0.05, 0.1) is 16.5 Å². The van der Waals surface area contributed by atoms with Crippen LogP contribution < -0.4 is 5.32 Å². The number of carbonyl (C=O) groups is 2. The zero-order chi connectivity index (χ0) is 15.4. The van der Waals surface area contributed by atoms with E-state index in [0.717, 1.165) is 12.8 Å². The summed E-state index contributed by atoms with van der Waals surface area (Å²) < 4.78 is 13.7. The van der Waals surface area contributed by atoms with Crippen LogP contribution in [0.2, 0.25) is 5.02 Å². The summed E-state index contributed by atoms with van der Waals surface area (Å²) >= 11 is 5.64. The van der Waals surface area contributed by atoms with Crippen LogP contribution in [0.15, 0.2) is 18.2 Å². The van der Waals surface area contributed by atoms with Crippen LogP contribution in [0, 0.1) is 17.7 Å². The molecule has 0 atom stereocenters. The third-order valence-corrected chi connectivity index (χ3v) is 4.24. The van der Waals surface area contributed by atoms with E-state index in [9.17, 15) is 14.0 Å². The quantitative estimate of drug-likeness (QED) is 0.897. The summed E-state index contributed by atoms with van der Waals surface area (Å²) in [6, 6.07) is 4.30. The molecule has 1 amide bonds. The third kappa shape index (κ3) is 3.94. The number of carbonyl (C=O) groups excluding carboxylic acids is 1. The van der Waals surface area contributed by atoms with Gasteiger partial charge in [-0.3, -0.25) is 9.59 Å². The number of aliphatic carboxylic acids is 1. The van der Waals surface area contributed by atoms with Crippen molar-refractivity contribution in [1.82, 2.24) is 5.32 Å². The largest absolute Gasteiger partial charge is 0.481 e. The van der Waals surface area contributed by atoms with Crippen LogP contribution in [0.3, 0.4) is 0 Å². The number of rotatable bonds is 4. The molecule has 0 radical (unpaired) electrons. The van der Waals surface area contributed by atoms with Gasteiger partial charge in [0.15, 0.2) is 5.82 Å². The molecule has 2 N–H and O–H groups in total. The van der Waals surface area contributed by atoms with Crippen LogP contribution in [0.4, 0.5) is 4.39 Å². The van der Waals surface area contributed by atoms with Crippen molar-refractivity contribution < 1.29 is 19.1 Å². The van der Waals surface area contributed by atoms with E-state index in [1.807, 2.05) is 0 Å². The van der Waals surface area contributed by atoms with Gasteiger partial charge in [-0.2, -0.15) is 0 Å². The van der Waals surface area contributed by atoms with Gasteiger partial charge in [-0.25, -0.2) is 4.39 Å². The molecule has 0 bridgehead atoms. The van der Waals surface area contributed by atoms with Gasteiger partial charge < -0.3 is 10.4 Å². The predicted octanol–water partition coefficient (Wildman–Crippen LogP) is 3.10.